The average Bonchev–Trinajstić information content (AvgIpc) is 2.49. The summed E-state index contributed by atoms with van der Waals surface area (Å²) < 4.78 is 26.2. The van der Waals surface area contributed by atoms with Crippen molar-refractivity contribution in [2.24, 2.45) is 0 Å². The Morgan fingerprint density at radius 3 is 2.22 bits per heavy atom. The molecule has 2 rings (SSSR count). The van der Waals surface area contributed by atoms with Gasteiger partial charge in [0.05, 0.1) is 12.2 Å². The van der Waals surface area contributed by atoms with Crippen LogP contribution in [0.2, 0.25) is 0 Å². The Morgan fingerprint density at radius 2 is 1.61 bits per heavy atom. The zero-order valence-corrected chi connectivity index (χ0v) is 12.3. The normalized spacial score (nSPS) is 10.0. The maximum Gasteiger partial charge on any atom is 0.243 e. The van der Waals surface area contributed by atoms with Crippen molar-refractivity contribution in [3.8, 4) is 0 Å². The van der Waals surface area contributed by atoms with E-state index in [1.807, 2.05) is 0 Å². The summed E-state index contributed by atoms with van der Waals surface area (Å²) in [5.74, 6) is -2.19. The molecule has 5 nitrogen and oxygen atoms in total. The van der Waals surface area contributed by atoms with E-state index in [0.717, 1.165) is 12.1 Å². The summed E-state index contributed by atoms with van der Waals surface area (Å²) in [7, 11) is 0. The van der Waals surface area contributed by atoms with Crippen LogP contribution in [0.3, 0.4) is 0 Å². The molecule has 0 aliphatic carbocycles. The van der Waals surface area contributed by atoms with Gasteiger partial charge in [-0.2, -0.15) is 0 Å². The highest BCUT2D eigenvalue weighted by atomic mass is 19.1. The van der Waals surface area contributed by atoms with Crippen molar-refractivity contribution in [1.29, 1.82) is 0 Å². The molecule has 3 N–H and O–H groups in total. The molecule has 0 saturated carbocycles. The van der Waals surface area contributed by atoms with Crippen molar-refractivity contribution in [1.82, 2.24) is 0 Å². The standard InChI is InChI=1S/C16H15F2N3O2/c1-10(22)20-13-5-3-12(4-6-13)19-9-16(23)21-15-7-2-11(17)8-14(15)18/h2-8,19H,9H2,1H3,(H,20,22)(H,21,23). The zero-order valence-electron chi connectivity index (χ0n) is 12.3. The van der Waals surface area contributed by atoms with E-state index in [1.54, 1.807) is 24.3 Å². The number of benzene rings is 2. The van der Waals surface area contributed by atoms with Crippen LogP contribution in [-0.4, -0.2) is 18.4 Å². The lowest BCUT2D eigenvalue weighted by molar-refractivity contribution is -0.115. The molecule has 0 aliphatic heterocycles. The van der Waals surface area contributed by atoms with Gasteiger partial charge in [0.2, 0.25) is 11.8 Å². The van der Waals surface area contributed by atoms with Crippen molar-refractivity contribution in [3.63, 3.8) is 0 Å². The molecular formula is C16H15F2N3O2. The first kappa shape index (κ1) is 16.4. The Hall–Kier alpha value is -2.96. The quantitative estimate of drug-likeness (QED) is 0.793. The van der Waals surface area contributed by atoms with Crippen LogP contribution in [0.15, 0.2) is 42.5 Å². The third-order valence-electron chi connectivity index (χ3n) is 2.86. The number of rotatable bonds is 5. The summed E-state index contributed by atoms with van der Waals surface area (Å²) >= 11 is 0. The van der Waals surface area contributed by atoms with Gasteiger partial charge >= 0.3 is 0 Å². The number of hydrogen-bond donors (Lipinski definition) is 3. The molecule has 0 spiro atoms. The maximum absolute atomic E-state index is 13.4. The number of nitrogens with one attached hydrogen (secondary N) is 3. The van der Waals surface area contributed by atoms with Crippen LogP contribution in [0.25, 0.3) is 0 Å². The van der Waals surface area contributed by atoms with Crippen LogP contribution < -0.4 is 16.0 Å². The van der Waals surface area contributed by atoms with Crippen molar-refractivity contribution in [2.45, 2.75) is 6.92 Å². The van der Waals surface area contributed by atoms with E-state index in [0.29, 0.717) is 17.4 Å². The lowest BCUT2D eigenvalue weighted by atomic mass is 10.2. The van der Waals surface area contributed by atoms with E-state index in [1.165, 1.54) is 6.92 Å². The summed E-state index contributed by atoms with van der Waals surface area (Å²) in [4.78, 5) is 22.6. The minimum atomic E-state index is -0.835. The first-order valence-electron chi connectivity index (χ1n) is 6.80. The average molecular weight is 319 g/mol. The second kappa shape index (κ2) is 7.35. The molecule has 0 unspecified atom stereocenters. The number of hydrogen-bond acceptors (Lipinski definition) is 3. The van der Waals surface area contributed by atoms with Crippen molar-refractivity contribution in [3.05, 3.63) is 54.1 Å². The Bertz CT molecular complexity index is 718. The van der Waals surface area contributed by atoms with E-state index in [2.05, 4.69) is 16.0 Å². The molecule has 0 radical (unpaired) electrons. The van der Waals surface area contributed by atoms with Gasteiger partial charge in [-0.05, 0) is 36.4 Å². The highest BCUT2D eigenvalue weighted by molar-refractivity contribution is 5.94. The lowest BCUT2D eigenvalue weighted by Gasteiger charge is -2.09. The van der Waals surface area contributed by atoms with Gasteiger partial charge in [-0.25, -0.2) is 8.78 Å². The topological polar surface area (TPSA) is 70.2 Å². The van der Waals surface area contributed by atoms with E-state index in [4.69, 9.17) is 0 Å². The summed E-state index contributed by atoms with van der Waals surface area (Å²) in [6.45, 7) is 1.32. The highest BCUT2D eigenvalue weighted by Crippen LogP contribution is 2.15. The monoisotopic (exact) mass is 319 g/mol. The highest BCUT2D eigenvalue weighted by Gasteiger charge is 2.08. The second-order valence-electron chi connectivity index (χ2n) is 4.78. The fraction of sp³-hybridized carbons (Fsp3) is 0.125. The third-order valence-corrected chi connectivity index (χ3v) is 2.86. The van der Waals surface area contributed by atoms with Crippen LogP contribution in [0.4, 0.5) is 25.8 Å². The van der Waals surface area contributed by atoms with Crippen LogP contribution in [-0.2, 0) is 9.59 Å². The summed E-state index contributed by atoms with van der Waals surface area (Å²) in [6, 6.07) is 9.66. The van der Waals surface area contributed by atoms with E-state index >= 15 is 0 Å². The van der Waals surface area contributed by atoms with Crippen LogP contribution in [0.5, 0.6) is 0 Å². The van der Waals surface area contributed by atoms with Gasteiger partial charge in [-0.3, -0.25) is 9.59 Å². The number of carbonyl (C=O) groups excluding carboxylic acids is 2. The fourth-order valence-electron chi connectivity index (χ4n) is 1.84. The Morgan fingerprint density at radius 1 is 0.957 bits per heavy atom. The molecule has 2 aromatic carbocycles. The van der Waals surface area contributed by atoms with Crippen LogP contribution >= 0.6 is 0 Å². The van der Waals surface area contributed by atoms with Crippen LogP contribution in [0.1, 0.15) is 6.92 Å². The largest absolute Gasteiger partial charge is 0.376 e. The summed E-state index contributed by atoms with van der Waals surface area (Å²) in [6.07, 6.45) is 0. The van der Waals surface area contributed by atoms with E-state index in [-0.39, 0.29) is 18.1 Å². The van der Waals surface area contributed by atoms with Crippen LogP contribution in [0, 0.1) is 11.6 Å². The first-order valence-corrected chi connectivity index (χ1v) is 6.80. The SMILES string of the molecule is CC(=O)Nc1ccc(NCC(=O)Nc2ccc(F)cc2F)cc1. The molecule has 2 amide bonds. The molecule has 23 heavy (non-hydrogen) atoms. The fourth-order valence-corrected chi connectivity index (χ4v) is 1.84. The van der Waals surface area contributed by atoms with Gasteiger partial charge in [0, 0.05) is 24.4 Å². The molecule has 0 aromatic heterocycles. The Kier molecular flexibility index (Phi) is 5.24. The smallest absolute Gasteiger partial charge is 0.243 e. The van der Waals surface area contributed by atoms with Gasteiger partial charge < -0.3 is 16.0 Å². The van der Waals surface area contributed by atoms with Crippen molar-refractivity contribution in [2.75, 3.05) is 22.5 Å². The van der Waals surface area contributed by atoms with E-state index in [9.17, 15) is 18.4 Å². The summed E-state index contributed by atoms with van der Waals surface area (Å²) in [5.41, 5.74) is 1.22. The predicted molar refractivity (Wildman–Crippen MR) is 84.2 cm³/mol. The van der Waals surface area contributed by atoms with Crippen molar-refractivity contribution < 1.29 is 18.4 Å². The molecule has 0 aliphatic rings. The van der Waals surface area contributed by atoms with Crippen molar-refractivity contribution >= 4 is 28.9 Å². The number of amides is 2. The number of anilines is 3. The second-order valence-corrected chi connectivity index (χ2v) is 4.78. The number of carbonyl (C=O) groups is 2. The molecule has 120 valence electrons. The Labute approximate surface area is 131 Å². The van der Waals surface area contributed by atoms with Gasteiger partial charge in [0.25, 0.3) is 0 Å². The molecule has 0 saturated heterocycles. The molecule has 0 fully saturated rings. The first-order chi connectivity index (χ1) is 10.9. The Balaban J connectivity index is 1.87. The van der Waals surface area contributed by atoms with Gasteiger partial charge in [-0.1, -0.05) is 0 Å². The molecule has 7 heteroatoms. The van der Waals surface area contributed by atoms with E-state index < -0.39 is 17.5 Å². The molecule has 0 heterocycles. The predicted octanol–water partition coefficient (Wildman–Crippen LogP) is 2.97. The molecular weight excluding hydrogens is 304 g/mol. The molecule has 2 aromatic rings. The maximum atomic E-state index is 13.4. The summed E-state index contributed by atoms with van der Waals surface area (Å²) in [5, 5.41) is 7.82. The molecule has 0 atom stereocenters. The van der Waals surface area contributed by atoms with Gasteiger partial charge in [0.15, 0.2) is 0 Å². The lowest BCUT2D eigenvalue weighted by Crippen LogP contribution is -2.22. The minimum Gasteiger partial charge on any atom is -0.376 e. The molecule has 0 bridgehead atoms. The number of halogens is 2. The third kappa shape index (κ3) is 5.06. The van der Waals surface area contributed by atoms with Gasteiger partial charge in [0.1, 0.15) is 11.6 Å². The minimum absolute atomic E-state index is 0.0841. The van der Waals surface area contributed by atoms with Gasteiger partial charge in [-0.15, -0.1) is 0 Å². The zero-order chi connectivity index (χ0) is 16.8.